The summed E-state index contributed by atoms with van der Waals surface area (Å²) in [5.74, 6) is 1.66. The summed E-state index contributed by atoms with van der Waals surface area (Å²) in [4.78, 5) is 13.6. The van der Waals surface area contributed by atoms with Crippen LogP contribution >= 0.6 is 11.6 Å². The summed E-state index contributed by atoms with van der Waals surface area (Å²) in [7, 11) is 0. The van der Waals surface area contributed by atoms with E-state index in [0.29, 0.717) is 17.1 Å². The molecular weight excluding hydrogens is 360 g/mol. The first-order chi connectivity index (χ1) is 13.2. The SMILES string of the molecule is CCCn1c(Cn2ccnc2-c2cc(Cl)ccn2)nc2cc(C#N)ccc21. The van der Waals surface area contributed by atoms with E-state index in [1.165, 1.54) is 0 Å². The zero-order chi connectivity index (χ0) is 18.8. The number of pyridine rings is 1. The van der Waals surface area contributed by atoms with Gasteiger partial charge < -0.3 is 9.13 Å². The molecule has 0 fully saturated rings. The van der Waals surface area contributed by atoms with Gasteiger partial charge in [-0.25, -0.2) is 9.97 Å². The van der Waals surface area contributed by atoms with Crippen LogP contribution in [0.25, 0.3) is 22.6 Å². The lowest BCUT2D eigenvalue weighted by atomic mass is 10.2. The van der Waals surface area contributed by atoms with Crippen molar-refractivity contribution in [2.45, 2.75) is 26.4 Å². The first-order valence-electron chi connectivity index (χ1n) is 8.72. The number of hydrogen-bond donors (Lipinski definition) is 0. The van der Waals surface area contributed by atoms with E-state index in [2.05, 4.69) is 27.5 Å². The van der Waals surface area contributed by atoms with E-state index in [9.17, 15) is 0 Å². The quantitative estimate of drug-likeness (QED) is 0.521. The topological polar surface area (TPSA) is 72.3 Å². The van der Waals surface area contributed by atoms with E-state index < -0.39 is 0 Å². The fourth-order valence-electron chi connectivity index (χ4n) is 3.19. The van der Waals surface area contributed by atoms with Crippen molar-refractivity contribution in [1.82, 2.24) is 24.1 Å². The van der Waals surface area contributed by atoms with Crippen LogP contribution in [0.4, 0.5) is 0 Å². The zero-order valence-electron chi connectivity index (χ0n) is 14.8. The Balaban J connectivity index is 1.77. The number of aryl methyl sites for hydroxylation is 1. The van der Waals surface area contributed by atoms with Gasteiger partial charge >= 0.3 is 0 Å². The Hall–Kier alpha value is -3.17. The summed E-state index contributed by atoms with van der Waals surface area (Å²) in [5, 5.41) is 9.78. The highest BCUT2D eigenvalue weighted by Gasteiger charge is 2.14. The Kier molecular flexibility index (Phi) is 4.61. The summed E-state index contributed by atoms with van der Waals surface area (Å²) in [6.45, 7) is 3.55. The van der Waals surface area contributed by atoms with Crippen LogP contribution in [-0.2, 0) is 13.1 Å². The molecule has 0 N–H and O–H groups in total. The zero-order valence-corrected chi connectivity index (χ0v) is 15.6. The van der Waals surface area contributed by atoms with E-state index >= 15 is 0 Å². The molecule has 4 rings (SSSR count). The minimum atomic E-state index is 0.556. The summed E-state index contributed by atoms with van der Waals surface area (Å²) >= 11 is 6.10. The van der Waals surface area contributed by atoms with Crippen LogP contribution in [0.3, 0.4) is 0 Å². The molecule has 0 atom stereocenters. The maximum absolute atomic E-state index is 9.15. The maximum atomic E-state index is 9.15. The Morgan fingerprint density at radius 2 is 2.04 bits per heavy atom. The first-order valence-corrected chi connectivity index (χ1v) is 9.09. The van der Waals surface area contributed by atoms with Crippen molar-refractivity contribution in [2.75, 3.05) is 0 Å². The third-order valence-electron chi connectivity index (χ3n) is 4.38. The standard InChI is InChI=1S/C20H17ClN6/c1-2-8-27-18-4-3-14(12-22)10-16(18)25-19(27)13-26-9-7-24-20(26)17-11-15(21)5-6-23-17/h3-7,9-11H,2,8,13H2,1H3. The molecule has 134 valence electrons. The molecule has 0 amide bonds. The van der Waals surface area contributed by atoms with Crippen molar-refractivity contribution in [3.8, 4) is 17.6 Å². The van der Waals surface area contributed by atoms with Crippen molar-refractivity contribution in [3.05, 3.63) is 65.3 Å². The molecule has 0 bridgehead atoms. The predicted molar refractivity (Wildman–Crippen MR) is 104 cm³/mol. The Bertz CT molecular complexity index is 1150. The van der Waals surface area contributed by atoms with Crippen LogP contribution in [0.1, 0.15) is 24.7 Å². The normalized spacial score (nSPS) is 11.0. The number of hydrogen-bond acceptors (Lipinski definition) is 4. The summed E-state index contributed by atoms with van der Waals surface area (Å²) in [6, 6.07) is 11.3. The van der Waals surface area contributed by atoms with E-state index in [4.69, 9.17) is 21.8 Å². The second-order valence-corrected chi connectivity index (χ2v) is 6.67. The van der Waals surface area contributed by atoms with Crippen molar-refractivity contribution in [2.24, 2.45) is 0 Å². The number of rotatable bonds is 5. The van der Waals surface area contributed by atoms with Crippen molar-refractivity contribution < 1.29 is 0 Å². The summed E-state index contributed by atoms with van der Waals surface area (Å²) in [5.41, 5.74) is 3.20. The average molecular weight is 377 g/mol. The van der Waals surface area contributed by atoms with Gasteiger partial charge in [0.25, 0.3) is 0 Å². The van der Waals surface area contributed by atoms with Crippen LogP contribution in [-0.4, -0.2) is 24.1 Å². The molecular formula is C20H17ClN6. The number of fused-ring (bicyclic) bond motifs is 1. The number of aromatic nitrogens is 5. The molecule has 4 aromatic rings. The summed E-state index contributed by atoms with van der Waals surface area (Å²) in [6.07, 6.45) is 6.32. The van der Waals surface area contributed by atoms with E-state index in [-0.39, 0.29) is 0 Å². The van der Waals surface area contributed by atoms with Gasteiger partial charge in [-0.2, -0.15) is 5.26 Å². The minimum absolute atomic E-state index is 0.556. The molecule has 7 heteroatoms. The molecule has 0 saturated heterocycles. The maximum Gasteiger partial charge on any atom is 0.159 e. The average Bonchev–Trinajstić information content (AvgIpc) is 3.27. The molecule has 27 heavy (non-hydrogen) atoms. The fraction of sp³-hybridized carbons (Fsp3) is 0.200. The second-order valence-electron chi connectivity index (χ2n) is 6.23. The number of benzene rings is 1. The van der Waals surface area contributed by atoms with E-state index in [1.54, 1.807) is 24.5 Å². The van der Waals surface area contributed by atoms with Crippen molar-refractivity contribution >= 4 is 22.6 Å². The second kappa shape index (κ2) is 7.22. The molecule has 6 nitrogen and oxygen atoms in total. The minimum Gasteiger partial charge on any atom is -0.326 e. The van der Waals surface area contributed by atoms with Crippen LogP contribution in [0.15, 0.2) is 48.9 Å². The molecule has 3 heterocycles. The smallest absolute Gasteiger partial charge is 0.159 e. The molecule has 0 radical (unpaired) electrons. The van der Waals surface area contributed by atoms with Crippen LogP contribution < -0.4 is 0 Å². The molecule has 0 saturated carbocycles. The van der Waals surface area contributed by atoms with Gasteiger partial charge in [-0.05, 0) is 36.8 Å². The number of halogens is 1. The number of imidazole rings is 2. The van der Waals surface area contributed by atoms with Gasteiger partial charge in [0.1, 0.15) is 11.5 Å². The number of nitriles is 1. The van der Waals surface area contributed by atoms with E-state index in [0.717, 1.165) is 41.3 Å². The molecule has 1 aromatic carbocycles. The van der Waals surface area contributed by atoms with Gasteiger partial charge in [-0.15, -0.1) is 0 Å². The lowest BCUT2D eigenvalue weighted by Crippen LogP contribution is -2.09. The van der Waals surface area contributed by atoms with Gasteiger partial charge in [-0.3, -0.25) is 4.98 Å². The van der Waals surface area contributed by atoms with Gasteiger partial charge in [0.05, 0.1) is 29.2 Å². The summed E-state index contributed by atoms with van der Waals surface area (Å²) < 4.78 is 4.21. The third kappa shape index (κ3) is 3.29. The highest BCUT2D eigenvalue weighted by atomic mass is 35.5. The Morgan fingerprint density at radius 3 is 2.81 bits per heavy atom. The van der Waals surface area contributed by atoms with E-state index in [1.807, 2.05) is 29.0 Å². The van der Waals surface area contributed by atoms with Gasteiger partial charge in [0, 0.05) is 30.2 Å². The Morgan fingerprint density at radius 1 is 1.15 bits per heavy atom. The van der Waals surface area contributed by atoms with Crippen LogP contribution in [0.2, 0.25) is 5.02 Å². The lowest BCUT2D eigenvalue weighted by Gasteiger charge is -2.10. The predicted octanol–water partition coefficient (Wildman–Crippen LogP) is 4.28. The van der Waals surface area contributed by atoms with Crippen LogP contribution in [0.5, 0.6) is 0 Å². The fourth-order valence-corrected chi connectivity index (χ4v) is 3.35. The first kappa shape index (κ1) is 17.3. The molecule has 0 aliphatic heterocycles. The van der Waals surface area contributed by atoms with Gasteiger partial charge in [0.15, 0.2) is 5.82 Å². The monoisotopic (exact) mass is 376 g/mol. The van der Waals surface area contributed by atoms with Crippen molar-refractivity contribution in [1.29, 1.82) is 5.26 Å². The highest BCUT2D eigenvalue weighted by molar-refractivity contribution is 6.30. The van der Waals surface area contributed by atoms with Crippen molar-refractivity contribution in [3.63, 3.8) is 0 Å². The molecule has 0 unspecified atom stereocenters. The molecule has 0 aliphatic carbocycles. The molecule has 0 spiro atoms. The number of nitrogens with zero attached hydrogens (tertiary/aromatic N) is 6. The van der Waals surface area contributed by atoms with Gasteiger partial charge in [0.2, 0.25) is 0 Å². The van der Waals surface area contributed by atoms with Crippen LogP contribution in [0, 0.1) is 11.3 Å². The Labute approximate surface area is 161 Å². The third-order valence-corrected chi connectivity index (χ3v) is 4.62. The van der Waals surface area contributed by atoms with Gasteiger partial charge in [-0.1, -0.05) is 18.5 Å². The largest absolute Gasteiger partial charge is 0.326 e. The molecule has 0 aliphatic rings. The lowest BCUT2D eigenvalue weighted by molar-refractivity contribution is 0.627. The highest BCUT2D eigenvalue weighted by Crippen LogP contribution is 2.22. The molecule has 3 aromatic heterocycles.